The Labute approximate surface area is 65.7 Å². The van der Waals surface area contributed by atoms with Crippen molar-refractivity contribution in [3.8, 4) is 0 Å². The Hall–Kier alpha value is -0.830. The van der Waals surface area contributed by atoms with Crippen molar-refractivity contribution in [3.05, 3.63) is 12.7 Å². The minimum absolute atomic E-state index is 0.270. The van der Waals surface area contributed by atoms with Crippen molar-refractivity contribution < 1.29 is 14.6 Å². The summed E-state index contributed by atoms with van der Waals surface area (Å²) in [5.41, 5.74) is -0.821. The third-order valence-electron chi connectivity index (χ3n) is 2.09. The number of hydrogen-bond acceptors (Lipinski definition) is 2. The van der Waals surface area contributed by atoms with Gasteiger partial charge in [-0.1, -0.05) is 6.08 Å². The molecule has 3 nitrogen and oxygen atoms in total. The molecule has 0 aromatic rings. The summed E-state index contributed by atoms with van der Waals surface area (Å²) in [6.45, 7) is 4.46. The van der Waals surface area contributed by atoms with Gasteiger partial charge in [0.25, 0.3) is 0 Å². The molecule has 0 aromatic carbocycles. The van der Waals surface area contributed by atoms with Gasteiger partial charge in [0.05, 0.1) is 6.61 Å². The molecule has 0 saturated carbocycles. The molecule has 1 atom stereocenters. The van der Waals surface area contributed by atoms with E-state index in [0.717, 1.165) is 6.42 Å². The summed E-state index contributed by atoms with van der Waals surface area (Å²) in [6.07, 6.45) is 2.93. The second-order valence-electron chi connectivity index (χ2n) is 2.82. The normalized spacial score (nSPS) is 31.3. The molecule has 62 valence electrons. The highest BCUT2D eigenvalue weighted by Crippen LogP contribution is 2.29. The Morgan fingerprint density at radius 2 is 2.45 bits per heavy atom. The largest absolute Gasteiger partial charge is 0.481 e. The minimum Gasteiger partial charge on any atom is -0.481 e. The van der Waals surface area contributed by atoms with Crippen LogP contribution in [0, 0.1) is 5.41 Å². The van der Waals surface area contributed by atoms with Crippen molar-refractivity contribution in [1.29, 1.82) is 0 Å². The zero-order chi connectivity index (χ0) is 8.32. The molecule has 1 fully saturated rings. The molecule has 1 saturated heterocycles. The van der Waals surface area contributed by atoms with Gasteiger partial charge in [-0.25, -0.2) is 0 Å². The van der Waals surface area contributed by atoms with E-state index in [0.29, 0.717) is 13.0 Å². The average Bonchev–Trinajstić information content (AvgIpc) is 2.05. The van der Waals surface area contributed by atoms with E-state index in [-0.39, 0.29) is 6.61 Å². The fourth-order valence-corrected chi connectivity index (χ4v) is 1.23. The number of rotatable bonds is 2. The maximum absolute atomic E-state index is 10.8. The van der Waals surface area contributed by atoms with E-state index in [2.05, 4.69) is 6.58 Å². The second kappa shape index (κ2) is 3.05. The lowest BCUT2D eigenvalue weighted by Crippen LogP contribution is -2.37. The van der Waals surface area contributed by atoms with Gasteiger partial charge in [-0.15, -0.1) is 6.58 Å². The molecule has 0 spiro atoms. The summed E-state index contributed by atoms with van der Waals surface area (Å²) in [5, 5.41) is 8.84. The third kappa shape index (κ3) is 1.43. The predicted molar refractivity (Wildman–Crippen MR) is 40.3 cm³/mol. The average molecular weight is 156 g/mol. The van der Waals surface area contributed by atoms with E-state index in [9.17, 15) is 4.79 Å². The summed E-state index contributed by atoms with van der Waals surface area (Å²) in [5.74, 6) is -0.827. The van der Waals surface area contributed by atoms with Crippen molar-refractivity contribution in [1.82, 2.24) is 0 Å². The maximum Gasteiger partial charge on any atom is 0.315 e. The van der Waals surface area contributed by atoms with Gasteiger partial charge in [-0.05, 0) is 12.8 Å². The van der Waals surface area contributed by atoms with Crippen LogP contribution in [0.5, 0.6) is 0 Å². The Balaban J connectivity index is 2.72. The highest BCUT2D eigenvalue weighted by Gasteiger charge is 2.37. The molecule has 1 rings (SSSR count). The quantitative estimate of drug-likeness (QED) is 0.608. The fraction of sp³-hybridized carbons (Fsp3) is 0.625. The zero-order valence-corrected chi connectivity index (χ0v) is 6.38. The molecule has 1 aliphatic heterocycles. The van der Waals surface area contributed by atoms with Crippen LogP contribution in [0.2, 0.25) is 0 Å². The highest BCUT2D eigenvalue weighted by molar-refractivity contribution is 5.77. The standard InChI is InChI=1S/C8H12O3/c1-2-8(7(9)10)4-3-5-11-6-8/h2H,1,3-6H2,(H,9,10). The second-order valence-corrected chi connectivity index (χ2v) is 2.82. The molecule has 0 aliphatic carbocycles. The van der Waals surface area contributed by atoms with E-state index < -0.39 is 11.4 Å². The Kier molecular flexibility index (Phi) is 2.29. The van der Waals surface area contributed by atoms with Crippen LogP contribution in [0.25, 0.3) is 0 Å². The van der Waals surface area contributed by atoms with Crippen LogP contribution in [-0.2, 0) is 9.53 Å². The van der Waals surface area contributed by atoms with Crippen LogP contribution in [0.4, 0.5) is 0 Å². The lowest BCUT2D eigenvalue weighted by Gasteiger charge is -2.29. The lowest BCUT2D eigenvalue weighted by atomic mass is 9.83. The summed E-state index contributed by atoms with van der Waals surface area (Å²) in [4.78, 5) is 10.8. The van der Waals surface area contributed by atoms with E-state index in [1.807, 2.05) is 0 Å². The van der Waals surface area contributed by atoms with Gasteiger partial charge in [0.2, 0.25) is 0 Å². The Morgan fingerprint density at radius 1 is 1.73 bits per heavy atom. The van der Waals surface area contributed by atoms with Gasteiger partial charge in [0.1, 0.15) is 5.41 Å². The van der Waals surface area contributed by atoms with Crippen LogP contribution in [0.1, 0.15) is 12.8 Å². The number of ether oxygens (including phenoxy) is 1. The van der Waals surface area contributed by atoms with Gasteiger partial charge < -0.3 is 9.84 Å². The first-order chi connectivity index (χ1) is 5.21. The lowest BCUT2D eigenvalue weighted by molar-refractivity contribution is -0.152. The van der Waals surface area contributed by atoms with Crippen molar-refractivity contribution in [2.24, 2.45) is 5.41 Å². The molecule has 1 aliphatic rings. The van der Waals surface area contributed by atoms with E-state index in [1.54, 1.807) is 0 Å². The van der Waals surface area contributed by atoms with Gasteiger partial charge in [-0.3, -0.25) is 4.79 Å². The van der Waals surface area contributed by atoms with Crippen LogP contribution in [0.3, 0.4) is 0 Å². The topological polar surface area (TPSA) is 46.5 Å². The van der Waals surface area contributed by atoms with Gasteiger partial charge >= 0.3 is 5.97 Å². The van der Waals surface area contributed by atoms with Crippen LogP contribution in [0.15, 0.2) is 12.7 Å². The fourth-order valence-electron chi connectivity index (χ4n) is 1.23. The van der Waals surface area contributed by atoms with Gasteiger partial charge in [0, 0.05) is 6.61 Å². The molecule has 3 heteroatoms. The molecule has 0 amide bonds. The molecule has 11 heavy (non-hydrogen) atoms. The first-order valence-corrected chi connectivity index (χ1v) is 3.66. The molecular weight excluding hydrogens is 144 g/mol. The van der Waals surface area contributed by atoms with Gasteiger partial charge in [-0.2, -0.15) is 0 Å². The molecule has 1 N–H and O–H groups in total. The Bertz CT molecular complexity index is 168. The van der Waals surface area contributed by atoms with E-state index in [4.69, 9.17) is 9.84 Å². The number of carboxylic acid groups (broad SMARTS) is 1. The molecule has 0 aromatic heterocycles. The van der Waals surface area contributed by atoms with Crippen molar-refractivity contribution >= 4 is 5.97 Å². The van der Waals surface area contributed by atoms with Crippen LogP contribution < -0.4 is 0 Å². The van der Waals surface area contributed by atoms with Crippen molar-refractivity contribution in [3.63, 3.8) is 0 Å². The summed E-state index contributed by atoms with van der Waals surface area (Å²) in [6, 6.07) is 0. The van der Waals surface area contributed by atoms with E-state index in [1.165, 1.54) is 6.08 Å². The minimum atomic E-state index is -0.827. The van der Waals surface area contributed by atoms with Crippen molar-refractivity contribution in [2.75, 3.05) is 13.2 Å². The zero-order valence-electron chi connectivity index (χ0n) is 6.38. The van der Waals surface area contributed by atoms with Crippen LogP contribution >= 0.6 is 0 Å². The Morgan fingerprint density at radius 3 is 2.73 bits per heavy atom. The summed E-state index contributed by atoms with van der Waals surface area (Å²) < 4.78 is 5.09. The molecule has 1 unspecified atom stereocenters. The smallest absolute Gasteiger partial charge is 0.315 e. The molecule has 1 heterocycles. The number of carboxylic acids is 1. The number of hydrogen-bond donors (Lipinski definition) is 1. The third-order valence-corrected chi connectivity index (χ3v) is 2.09. The highest BCUT2D eigenvalue weighted by atomic mass is 16.5. The monoisotopic (exact) mass is 156 g/mol. The summed E-state index contributed by atoms with van der Waals surface area (Å²) >= 11 is 0. The molecule has 0 radical (unpaired) electrons. The SMILES string of the molecule is C=CC1(C(=O)O)CCCOC1. The van der Waals surface area contributed by atoms with Crippen molar-refractivity contribution in [2.45, 2.75) is 12.8 Å². The van der Waals surface area contributed by atoms with E-state index >= 15 is 0 Å². The number of carbonyl (C=O) groups is 1. The van der Waals surface area contributed by atoms with Crippen LogP contribution in [-0.4, -0.2) is 24.3 Å². The predicted octanol–water partition coefficient (Wildman–Crippen LogP) is 1.05. The summed E-state index contributed by atoms with van der Waals surface area (Å²) in [7, 11) is 0. The first-order valence-electron chi connectivity index (χ1n) is 3.66. The maximum atomic E-state index is 10.8. The molecular formula is C8H12O3. The first kappa shape index (κ1) is 8.27. The number of aliphatic carboxylic acids is 1. The molecule has 0 bridgehead atoms. The van der Waals surface area contributed by atoms with Gasteiger partial charge in [0.15, 0.2) is 0 Å².